The van der Waals surface area contributed by atoms with Crippen LogP contribution in [0.1, 0.15) is 36.7 Å². The summed E-state index contributed by atoms with van der Waals surface area (Å²) in [6.45, 7) is 7.54. The molecular formula is C19H27N5O. The van der Waals surface area contributed by atoms with E-state index in [2.05, 4.69) is 24.2 Å². The first kappa shape index (κ1) is 17.6. The first-order valence-corrected chi connectivity index (χ1v) is 8.97. The fourth-order valence-corrected chi connectivity index (χ4v) is 3.50. The SMILES string of the molecule is Cc1ccc(-n2nnc(CC(=O)N3CCC(C)CC3CN)c2C)cc1. The van der Waals surface area contributed by atoms with Crippen LogP contribution >= 0.6 is 0 Å². The Morgan fingerprint density at radius 3 is 2.68 bits per heavy atom. The number of aryl methyl sites for hydroxylation is 1. The lowest BCUT2D eigenvalue weighted by atomic mass is 9.92. The van der Waals surface area contributed by atoms with Crippen molar-refractivity contribution in [3.05, 3.63) is 41.2 Å². The Hall–Kier alpha value is -2.21. The number of likely N-dealkylation sites (tertiary alicyclic amines) is 1. The monoisotopic (exact) mass is 341 g/mol. The predicted molar refractivity (Wildman–Crippen MR) is 97.5 cm³/mol. The fourth-order valence-electron chi connectivity index (χ4n) is 3.50. The van der Waals surface area contributed by atoms with Gasteiger partial charge in [-0.3, -0.25) is 4.79 Å². The van der Waals surface area contributed by atoms with Crippen molar-refractivity contribution in [3.8, 4) is 5.69 Å². The van der Waals surface area contributed by atoms with Gasteiger partial charge in [-0.2, -0.15) is 0 Å². The second-order valence-electron chi connectivity index (χ2n) is 7.15. The highest BCUT2D eigenvalue weighted by atomic mass is 16.2. The van der Waals surface area contributed by atoms with Crippen LogP contribution in [0.3, 0.4) is 0 Å². The van der Waals surface area contributed by atoms with Gasteiger partial charge in [-0.05, 0) is 44.7 Å². The van der Waals surface area contributed by atoms with Gasteiger partial charge in [-0.25, -0.2) is 4.68 Å². The molecule has 0 radical (unpaired) electrons. The van der Waals surface area contributed by atoms with Gasteiger partial charge in [0.2, 0.25) is 5.91 Å². The third-order valence-electron chi connectivity index (χ3n) is 5.16. The van der Waals surface area contributed by atoms with Gasteiger partial charge in [0.25, 0.3) is 0 Å². The highest BCUT2D eigenvalue weighted by molar-refractivity contribution is 5.79. The number of carbonyl (C=O) groups excluding carboxylic acids is 1. The highest BCUT2D eigenvalue weighted by Crippen LogP contribution is 2.23. The highest BCUT2D eigenvalue weighted by Gasteiger charge is 2.29. The summed E-state index contributed by atoms with van der Waals surface area (Å²) in [4.78, 5) is 14.7. The molecule has 1 aromatic carbocycles. The van der Waals surface area contributed by atoms with E-state index in [1.54, 1.807) is 4.68 Å². The molecule has 1 fully saturated rings. The van der Waals surface area contributed by atoms with Gasteiger partial charge in [0.15, 0.2) is 0 Å². The summed E-state index contributed by atoms with van der Waals surface area (Å²) in [5, 5.41) is 8.49. The lowest BCUT2D eigenvalue weighted by molar-refractivity contribution is -0.134. The van der Waals surface area contributed by atoms with Crippen molar-refractivity contribution in [1.29, 1.82) is 0 Å². The number of aromatic nitrogens is 3. The minimum absolute atomic E-state index is 0.0985. The van der Waals surface area contributed by atoms with E-state index >= 15 is 0 Å². The van der Waals surface area contributed by atoms with Gasteiger partial charge in [0.05, 0.1) is 23.5 Å². The van der Waals surface area contributed by atoms with E-state index in [-0.39, 0.29) is 18.4 Å². The van der Waals surface area contributed by atoms with Crippen LogP contribution in [0.2, 0.25) is 0 Å². The largest absolute Gasteiger partial charge is 0.338 e. The molecule has 2 N–H and O–H groups in total. The lowest BCUT2D eigenvalue weighted by Gasteiger charge is -2.38. The van der Waals surface area contributed by atoms with E-state index in [4.69, 9.17) is 5.73 Å². The van der Waals surface area contributed by atoms with Crippen molar-refractivity contribution in [2.24, 2.45) is 11.7 Å². The number of rotatable bonds is 4. The second kappa shape index (κ2) is 7.35. The molecule has 1 aromatic heterocycles. The molecule has 1 amide bonds. The maximum absolute atomic E-state index is 12.8. The maximum Gasteiger partial charge on any atom is 0.229 e. The summed E-state index contributed by atoms with van der Waals surface area (Å²) in [7, 11) is 0. The molecule has 2 atom stereocenters. The van der Waals surface area contributed by atoms with Crippen LogP contribution in [0.5, 0.6) is 0 Å². The molecule has 6 heteroatoms. The van der Waals surface area contributed by atoms with Gasteiger partial charge in [0.1, 0.15) is 0 Å². The van der Waals surface area contributed by atoms with Crippen molar-refractivity contribution in [2.75, 3.05) is 13.1 Å². The number of carbonyl (C=O) groups is 1. The van der Waals surface area contributed by atoms with Gasteiger partial charge in [0, 0.05) is 19.1 Å². The van der Waals surface area contributed by atoms with Crippen LogP contribution in [0.15, 0.2) is 24.3 Å². The molecule has 1 aliphatic rings. The standard InChI is InChI=1S/C19H27N5O/c1-13-4-6-16(7-5-13)24-15(3)18(21-22-24)11-19(25)23-9-8-14(2)10-17(23)12-20/h4-7,14,17H,8-12,20H2,1-3H3. The number of nitrogens with two attached hydrogens (primary N) is 1. The van der Waals surface area contributed by atoms with Gasteiger partial charge in [-0.15, -0.1) is 5.10 Å². The van der Waals surface area contributed by atoms with Crippen molar-refractivity contribution in [1.82, 2.24) is 19.9 Å². The van der Waals surface area contributed by atoms with Crippen LogP contribution in [-0.4, -0.2) is 44.9 Å². The van der Waals surface area contributed by atoms with Crippen LogP contribution in [-0.2, 0) is 11.2 Å². The van der Waals surface area contributed by atoms with E-state index in [1.807, 2.05) is 36.1 Å². The average molecular weight is 341 g/mol. The van der Waals surface area contributed by atoms with Crippen LogP contribution < -0.4 is 5.73 Å². The number of amides is 1. The zero-order valence-electron chi connectivity index (χ0n) is 15.3. The molecule has 0 bridgehead atoms. The summed E-state index contributed by atoms with van der Waals surface area (Å²) in [6, 6.07) is 8.26. The fraction of sp³-hybridized carbons (Fsp3) is 0.526. The molecule has 6 nitrogen and oxygen atoms in total. The molecular weight excluding hydrogens is 314 g/mol. The van der Waals surface area contributed by atoms with Crippen LogP contribution in [0.4, 0.5) is 0 Å². The molecule has 2 unspecified atom stereocenters. The summed E-state index contributed by atoms with van der Waals surface area (Å²) < 4.78 is 1.79. The molecule has 0 saturated carbocycles. The second-order valence-corrected chi connectivity index (χ2v) is 7.15. The normalized spacial score (nSPS) is 20.7. The number of benzene rings is 1. The Kier molecular flexibility index (Phi) is 5.18. The average Bonchev–Trinajstić information content (AvgIpc) is 2.96. The first-order valence-electron chi connectivity index (χ1n) is 8.97. The van der Waals surface area contributed by atoms with Gasteiger partial charge >= 0.3 is 0 Å². The van der Waals surface area contributed by atoms with Crippen molar-refractivity contribution in [2.45, 2.75) is 46.1 Å². The topological polar surface area (TPSA) is 77.0 Å². The van der Waals surface area contributed by atoms with Crippen molar-refractivity contribution < 1.29 is 4.79 Å². The van der Waals surface area contributed by atoms with E-state index in [0.717, 1.165) is 36.5 Å². The minimum Gasteiger partial charge on any atom is -0.338 e. The molecule has 0 spiro atoms. The smallest absolute Gasteiger partial charge is 0.229 e. The Morgan fingerprint density at radius 2 is 2.00 bits per heavy atom. The van der Waals surface area contributed by atoms with E-state index in [0.29, 0.717) is 12.5 Å². The number of hydrogen-bond acceptors (Lipinski definition) is 4. The van der Waals surface area contributed by atoms with Crippen molar-refractivity contribution in [3.63, 3.8) is 0 Å². The molecule has 1 saturated heterocycles. The Labute approximate surface area is 149 Å². The summed E-state index contributed by atoms with van der Waals surface area (Å²) in [6.07, 6.45) is 2.30. The Morgan fingerprint density at radius 1 is 1.28 bits per heavy atom. The zero-order valence-corrected chi connectivity index (χ0v) is 15.3. The molecule has 1 aliphatic heterocycles. The summed E-state index contributed by atoms with van der Waals surface area (Å²) >= 11 is 0. The third-order valence-corrected chi connectivity index (χ3v) is 5.16. The zero-order chi connectivity index (χ0) is 18.0. The quantitative estimate of drug-likeness (QED) is 0.923. The van der Waals surface area contributed by atoms with Crippen molar-refractivity contribution >= 4 is 5.91 Å². The molecule has 0 aliphatic carbocycles. The number of nitrogens with zero attached hydrogens (tertiary/aromatic N) is 4. The molecule has 2 aromatic rings. The molecule has 2 heterocycles. The molecule has 134 valence electrons. The van der Waals surface area contributed by atoms with E-state index < -0.39 is 0 Å². The number of piperidine rings is 1. The van der Waals surface area contributed by atoms with Crippen LogP contribution in [0, 0.1) is 19.8 Å². The van der Waals surface area contributed by atoms with Gasteiger partial charge < -0.3 is 10.6 Å². The number of hydrogen-bond donors (Lipinski definition) is 1. The summed E-state index contributed by atoms with van der Waals surface area (Å²) in [5.41, 5.74) is 9.69. The Balaban J connectivity index is 1.75. The van der Waals surface area contributed by atoms with Crippen LogP contribution in [0.25, 0.3) is 5.69 Å². The minimum atomic E-state index is 0.0985. The van der Waals surface area contributed by atoms with Gasteiger partial charge in [-0.1, -0.05) is 29.8 Å². The molecule has 3 rings (SSSR count). The predicted octanol–water partition coefficient (Wildman–Crippen LogP) is 2.01. The first-order chi connectivity index (χ1) is 12.0. The lowest BCUT2D eigenvalue weighted by Crippen LogP contribution is -2.49. The third kappa shape index (κ3) is 3.74. The maximum atomic E-state index is 12.8. The molecule has 25 heavy (non-hydrogen) atoms. The Bertz CT molecular complexity index is 737. The van der Waals surface area contributed by atoms with E-state index in [1.165, 1.54) is 5.56 Å². The van der Waals surface area contributed by atoms with E-state index in [9.17, 15) is 4.79 Å². The summed E-state index contributed by atoms with van der Waals surface area (Å²) in [5.74, 6) is 0.725.